The van der Waals surface area contributed by atoms with E-state index >= 15 is 0 Å². The average Bonchev–Trinajstić information content (AvgIpc) is 3.31. The number of nitrogens with one attached hydrogen (secondary N) is 2. The van der Waals surface area contributed by atoms with Crippen molar-refractivity contribution in [2.24, 2.45) is 0 Å². The highest BCUT2D eigenvalue weighted by Crippen LogP contribution is 2.41. The van der Waals surface area contributed by atoms with Crippen molar-refractivity contribution in [2.45, 2.75) is 19.3 Å². The Labute approximate surface area is 181 Å². The van der Waals surface area contributed by atoms with Crippen LogP contribution >= 0.6 is 0 Å². The monoisotopic (exact) mass is 439 g/mol. The molecular weight excluding hydrogens is 422 g/mol. The fraction of sp³-hybridized carbons (Fsp3) is 0.125. The van der Waals surface area contributed by atoms with Gasteiger partial charge >= 0.3 is 6.18 Å². The van der Waals surface area contributed by atoms with E-state index in [4.69, 9.17) is 0 Å². The zero-order valence-electron chi connectivity index (χ0n) is 16.6. The molecule has 2 heterocycles. The van der Waals surface area contributed by atoms with Crippen molar-refractivity contribution in [3.63, 3.8) is 0 Å². The predicted molar refractivity (Wildman–Crippen MR) is 114 cm³/mol. The first kappa shape index (κ1) is 20.1. The van der Waals surface area contributed by atoms with Gasteiger partial charge in [-0.3, -0.25) is 4.79 Å². The van der Waals surface area contributed by atoms with Crippen LogP contribution in [0.3, 0.4) is 0 Å². The second-order valence-electron chi connectivity index (χ2n) is 7.70. The van der Waals surface area contributed by atoms with Crippen molar-refractivity contribution < 1.29 is 22.4 Å². The summed E-state index contributed by atoms with van der Waals surface area (Å²) < 4.78 is 55.0. The van der Waals surface area contributed by atoms with Gasteiger partial charge in [-0.1, -0.05) is 24.3 Å². The molecule has 0 aliphatic carbocycles. The van der Waals surface area contributed by atoms with E-state index in [1.54, 1.807) is 11.0 Å². The number of benzene rings is 3. The molecule has 0 saturated carbocycles. The number of rotatable bonds is 3. The molecule has 2 aliphatic rings. The Balaban J connectivity index is 1.45. The van der Waals surface area contributed by atoms with Crippen molar-refractivity contribution >= 4 is 28.5 Å². The molecule has 0 fully saturated rings. The van der Waals surface area contributed by atoms with Crippen LogP contribution in [-0.4, -0.2) is 5.91 Å². The number of alkyl halides is 3. The molecular formula is C24H17F4N3O. The number of fused-ring (bicyclic) bond motifs is 2. The minimum atomic E-state index is -4.55. The Kier molecular flexibility index (Phi) is 4.65. The zero-order valence-corrected chi connectivity index (χ0v) is 16.6. The van der Waals surface area contributed by atoms with Gasteiger partial charge in [-0.05, 0) is 47.5 Å². The molecule has 0 radical (unpaired) electrons. The first-order valence-electron chi connectivity index (χ1n) is 9.90. The number of carbonyl (C=O) groups excluding carboxylic acids is 1. The van der Waals surface area contributed by atoms with E-state index in [9.17, 15) is 22.4 Å². The smallest absolute Gasteiger partial charge is 0.362 e. The Morgan fingerprint density at radius 1 is 0.969 bits per heavy atom. The maximum atomic E-state index is 13.9. The lowest BCUT2D eigenvalue weighted by Crippen LogP contribution is -2.20. The molecule has 162 valence electrons. The molecule has 2 aliphatic heterocycles. The summed E-state index contributed by atoms with van der Waals surface area (Å²) in [4.78, 5) is 13.9. The van der Waals surface area contributed by atoms with E-state index in [-0.39, 0.29) is 16.9 Å². The molecule has 0 atom stereocenters. The summed E-state index contributed by atoms with van der Waals surface area (Å²) in [7, 11) is 0. The second kappa shape index (κ2) is 7.40. The van der Waals surface area contributed by atoms with Gasteiger partial charge in [0.15, 0.2) is 0 Å². The van der Waals surface area contributed by atoms with Gasteiger partial charge in [-0.2, -0.15) is 13.2 Å². The number of hydrogen-bond acceptors (Lipinski definition) is 3. The average molecular weight is 439 g/mol. The largest absolute Gasteiger partial charge is 0.418 e. The molecule has 0 aromatic heterocycles. The molecule has 3 aromatic rings. The van der Waals surface area contributed by atoms with Gasteiger partial charge in [-0.15, -0.1) is 0 Å². The number of nitrogens with zero attached hydrogens (tertiary/aromatic N) is 1. The Bertz CT molecular complexity index is 1240. The van der Waals surface area contributed by atoms with Crippen molar-refractivity contribution in [3.8, 4) is 0 Å². The Morgan fingerprint density at radius 3 is 2.38 bits per heavy atom. The van der Waals surface area contributed by atoms with Gasteiger partial charge in [0, 0.05) is 36.2 Å². The van der Waals surface area contributed by atoms with Crippen LogP contribution < -0.4 is 15.5 Å². The van der Waals surface area contributed by atoms with E-state index in [0.29, 0.717) is 24.3 Å². The van der Waals surface area contributed by atoms with Gasteiger partial charge in [0.25, 0.3) is 5.91 Å². The van der Waals surface area contributed by atoms with Crippen LogP contribution in [0.4, 0.5) is 34.6 Å². The molecule has 0 unspecified atom stereocenters. The highest BCUT2D eigenvalue weighted by atomic mass is 19.4. The van der Waals surface area contributed by atoms with Crippen LogP contribution in [0.1, 0.15) is 22.3 Å². The van der Waals surface area contributed by atoms with Crippen LogP contribution in [0.2, 0.25) is 0 Å². The van der Waals surface area contributed by atoms with Gasteiger partial charge in [0.1, 0.15) is 5.82 Å². The fourth-order valence-corrected chi connectivity index (χ4v) is 4.10. The van der Waals surface area contributed by atoms with Crippen molar-refractivity contribution in [3.05, 3.63) is 94.9 Å². The number of amides is 1. The topological polar surface area (TPSA) is 44.4 Å². The summed E-state index contributed by atoms with van der Waals surface area (Å²) in [5.74, 6) is -0.951. The summed E-state index contributed by atoms with van der Waals surface area (Å²) in [5, 5.41) is 5.33. The molecule has 0 bridgehead atoms. The zero-order chi connectivity index (χ0) is 22.5. The van der Waals surface area contributed by atoms with Crippen molar-refractivity contribution in [1.82, 2.24) is 0 Å². The molecule has 0 spiro atoms. The van der Waals surface area contributed by atoms with Crippen LogP contribution in [-0.2, 0) is 24.1 Å². The third-order valence-corrected chi connectivity index (χ3v) is 5.63. The SMILES string of the molecule is O=C1Nc2cc(F)ccc2C1=CNc1ccc(N2Cc3ccccc3C2)c(C(F)(F)F)c1. The Hall–Kier alpha value is -3.81. The van der Waals surface area contributed by atoms with E-state index in [0.717, 1.165) is 17.2 Å². The van der Waals surface area contributed by atoms with Crippen molar-refractivity contribution in [1.29, 1.82) is 0 Å². The number of carbonyl (C=O) groups is 1. The maximum absolute atomic E-state index is 13.9. The third kappa shape index (κ3) is 3.57. The van der Waals surface area contributed by atoms with E-state index in [1.165, 1.54) is 30.5 Å². The second-order valence-corrected chi connectivity index (χ2v) is 7.70. The summed E-state index contributed by atoms with van der Waals surface area (Å²) in [6.07, 6.45) is -3.22. The molecule has 5 rings (SSSR count). The molecule has 2 N–H and O–H groups in total. The predicted octanol–water partition coefficient (Wildman–Crippen LogP) is 5.77. The normalized spacial score (nSPS) is 16.2. The number of halogens is 4. The summed E-state index contributed by atoms with van der Waals surface area (Å²) in [5.41, 5.74) is 2.57. The Morgan fingerprint density at radius 2 is 1.69 bits per heavy atom. The first-order chi connectivity index (χ1) is 15.3. The number of anilines is 3. The minimum absolute atomic E-state index is 0.103. The highest BCUT2D eigenvalue weighted by Gasteiger charge is 2.36. The highest BCUT2D eigenvalue weighted by molar-refractivity contribution is 6.31. The minimum Gasteiger partial charge on any atom is -0.362 e. The molecule has 4 nitrogen and oxygen atoms in total. The van der Waals surface area contributed by atoms with Crippen LogP contribution in [0.15, 0.2) is 66.9 Å². The van der Waals surface area contributed by atoms with Gasteiger partial charge in [-0.25, -0.2) is 4.39 Å². The molecule has 3 aromatic carbocycles. The third-order valence-electron chi connectivity index (χ3n) is 5.63. The quantitative estimate of drug-likeness (QED) is 0.402. The van der Waals surface area contributed by atoms with Gasteiger partial charge < -0.3 is 15.5 Å². The number of hydrogen-bond donors (Lipinski definition) is 2. The fourth-order valence-electron chi connectivity index (χ4n) is 4.10. The van der Waals surface area contributed by atoms with Crippen LogP contribution in [0.5, 0.6) is 0 Å². The van der Waals surface area contributed by atoms with Crippen LogP contribution in [0, 0.1) is 5.82 Å². The van der Waals surface area contributed by atoms with Crippen LogP contribution in [0.25, 0.3) is 5.57 Å². The lowest BCUT2D eigenvalue weighted by molar-refractivity contribution is -0.137. The summed E-state index contributed by atoms with van der Waals surface area (Å²) >= 11 is 0. The molecule has 32 heavy (non-hydrogen) atoms. The van der Waals surface area contributed by atoms with Gasteiger partial charge in [0.05, 0.1) is 16.8 Å². The lowest BCUT2D eigenvalue weighted by Gasteiger charge is -2.23. The first-order valence-corrected chi connectivity index (χ1v) is 9.90. The van der Waals surface area contributed by atoms with E-state index < -0.39 is 23.5 Å². The molecule has 0 saturated heterocycles. The van der Waals surface area contributed by atoms with Crippen molar-refractivity contribution in [2.75, 3.05) is 15.5 Å². The molecule has 1 amide bonds. The lowest BCUT2D eigenvalue weighted by atomic mass is 10.1. The summed E-state index contributed by atoms with van der Waals surface area (Å²) in [6, 6.07) is 15.5. The summed E-state index contributed by atoms with van der Waals surface area (Å²) in [6.45, 7) is 0.813. The van der Waals surface area contributed by atoms with E-state index in [2.05, 4.69) is 10.6 Å². The maximum Gasteiger partial charge on any atom is 0.418 e. The van der Waals surface area contributed by atoms with E-state index in [1.807, 2.05) is 24.3 Å². The molecule has 8 heteroatoms. The van der Waals surface area contributed by atoms with Gasteiger partial charge in [0.2, 0.25) is 0 Å². The standard InChI is InChI=1S/C24H17F4N3O/c25-16-5-7-18-19(23(32)30-21(18)9-16)11-29-17-6-8-22(20(10-17)24(26,27)28)31-12-14-3-1-2-4-15(14)13-31/h1-11,29H,12-13H2,(H,30,32).